The third kappa shape index (κ3) is 3.88. The van der Waals surface area contributed by atoms with Crippen LogP contribution in [-0.2, 0) is 0 Å². The number of rotatable bonds is 6. The van der Waals surface area contributed by atoms with Crippen LogP contribution in [0.3, 0.4) is 0 Å². The number of ketones is 1. The number of carbonyl (C=O) groups is 1. The first-order valence-electron chi connectivity index (χ1n) is 6.89. The smallest absolute Gasteiger partial charge is 0.186 e. The van der Waals surface area contributed by atoms with Gasteiger partial charge in [0.15, 0.2) is 5.78 Å². The van der Waals surface area contributed by atoms with Gasteiger partial charge in [-0.25, -0.2) is 0 Å². The molecule has 1 aliphatic rings. The molecule has 5 heteroatoms. The van der Waals surface area contributed by atoms with Crippen LogP contribution in [0.5, 0.6) is 0 Å². The first-order chi connectivity index (χ1) is 9.13. The Labute approximate surface area is 127 Å². The highest BCUT2D eigenvalue weighted by Gasteiger charge is 2.27. The number of likely N-dealkylation sites (N-methyl/N-ethyl adjacent to an activating group) is 1. The van der Waals surface area contributed by atoms with Crippen LogP contribution >= 0.6 is 27.3 Å². The lowest BCUT2D eigenvalue weighted by Gasteiger charge is -2.26. The molecule has 1 atom stereocenters. The van der Waals surface area contributed by atoms with Gasteiger partial charge in [-0.2, -0.15) is 0 Å². The quantitative estimate of drug-likeness (QED) is 0.740. The molecule has 0 N–H and O–H groups in total. The summed E-state index contributed by atoms with van der Waals surface area (Å²) in [6.07, 6.45) is 1.18. The maximum atomic E-state index is 12.2. The van der Waals surface area contributed by atoms with Crippen molar-refractivity contribution in [1.82, 2.24) is 9.80 Å². The number of nitrogens with zero attached hydrogens (tertiary/aromatic N) is 2. The number of Topliss-reactive ketones (excluding diaryl/α,β-unsaturated/α-hetero) is 1. The molecule has 1 saturated heterocycles. The van der Waals surface area contributed by atoms with Gasteiger partial charge >= 0.3 is 0 Å². The second kappa shape index (κ2) is 6.97. The summed E-state index contributed by atoms with van der Waals surface area (Å²) in [5, 5.41) is 0. The fourth-order valence-corrected chi connectivity index (χ4v) is 4.06. The number of carbonyl (C=O) groups excluding carboxylic acids is 1. The number of halogens is 1. The second-order valence-corrected chi connectivity index (χ2v) is 7.39. The van der Waals surface area contributed by atoms with Crippen molar-refractivity contribution in [1.29, 1.82) is 0 Å². The molecule has 1 fully saturated rings. The SMILES string of the molecule is CCN(CC)C1CCN(CC(=O)c2ccc(Br)s2)C1. The molecule has 0 radical (unpaired) electrons. The zero-order valence-electron chi connectivity index (χ0n) is 11.6. The van der Waals surface area contributed by atoms with Gasteiger partial charge in [0.2, 0.25) is 0 Å². The van der Waals surface area contributed by atoms with Crippen LogP contribution in [0, 0.1) is 0 Å². The molecule has 19 heavy (non-hydrogen) atoms. The normalized spacial score (nSPS) is 20.3. The third-order valence-electron chi connectivity index (χ3n) is 3.79. The Morgan fingerprint density at radius 2 is 2.21 bits per heavy atom. The minimum atomic E-state index is 0.246. The fraction of sp³-hybridized carbons (Fsp3) is 0.643. The van der Waals surface area contributed by atoms with E-state index in [4.69, 9.17) is 0 Å². The lowest BCUT2D eigenvalue weighted by molar-refractivity contribution is 0.0943. The van der Waals surface area contributed by atoms with Gasteiger partial charge in [-0.05, 0) is 47.6 Å². The maximum absolute atomic E-state index is 12.2. The molecule has 3 nitrogen and oxygen atoms in total. The zero-order chi connectivity index (χ0) is 13.8. The van der Waals surface area contributed by atoms with Crippen molar-refractivity contribution in [3.05, 3.63) is 20.8 Å². The van der Waals surface area contributed by atoms with E-state index >= 15 is 0 Å². The van der Waals surface area contributed by atoms with Crippen LogP contribution in [0.1, 0.15) is 29.9 Å². The van der Waals surface area contributed by atoms with Crippen molar-refractivity contribution in [2.45, 2.75) is 26.3 Å². The van der Waals surface area contributed by atoms with E-state index in [-0.39, 0.29) is 5.78 Å². The van der Waals surface area contributed by atoms with Crippen LogP contribution in [0.15, 0.2) is 15.9 Å². The molecule has 0 saturated carbocycles. The fourth-order valence-electron chi connectivity index (χ4n) is 2.74. The summed E-state index contributed by atoms with van der Waals surface area (Å²) < 4.78 is 1.03. The molecule has 2 heterocycles. The highest BCUT2D eigenvalue weighted by atomic mass is 79.9. The third-order valence-corrected chi connectivity index (χ3v) is 5.46. The Morgan fingerprint density at radius 1 is 1.47 bits per heavy atom. The summed E-state index contributed by atoms with van der Waals surface area (Å²) >= 11 is 4.93. The first-order valence-corrected chi connectivity index (χ1v) is 8.50. The van der Waals surface area contributed by atoms with Crippen molar-refractivity contribution >= 4 is 33.0 Å². The highest BCUT2D eigenvalue weighted by molar-refractivity contribution is 9.11. The van der Waals surface area contributed by atoms with Crippen molar-refractivity contribution in [2.24, 2.45) is 0 Å². The molecule has 1 aromatic rings. The Balaban J connectivity index is 1.86. The van der Waals surface area contributed by atoms with Crippen LogP contribution in [0.2, 0.25) is 0 Å². The molecule has 0 spiro atoms. The second-order valence-electron chi connectivity index (χ2n) is 4.93. The molecule has 0 bridgehead atoms. The number of thiophene rings is 1. The van der Waals surface area contributed by atoms with E-state index in [9.17, 15) is 4.79 Å². The molecular weight excluding hydrogens is 324 g/mol. The molecule has 0 aromatic carbocycles. The monoisotopic (exact) mass is 344 g/mol. The average Bonchev–Trinajstić information content (AvgIpc) is 3.00. The Bertz CT molecular complexity index is 431. The summed E-state index contributed by atoms with van der Waals surface area (Å²) in [6.45, 7) is 9.24. The van der Waals surface area contributed by atoms with Crippen molar-refractivity contribution in [3.8, 4) is 0 Å². The van der Waals surface area contributed by atoms with Gasteiger partial charge in [0, 0.05) is 19.1 Å². The summed E-state index contributed by atoms with van der Waals surface area (Å²) in [5.74, 6) is 0.246. The predicted molar refractivity (Wildman–Crippen MR) is 84.1 cm³/mol. The van der Waals surface area contributed by atoms with E-state index < -0.39 is 0 Å². The van der Waals surface area contributed by atoms with Gasteiger partial charge in [0.25, 0.3) is 0 Å². The van der Waals surface area contributed by atoms with E-state index in [2.05, 4.69) is 39.6 Å². The highest BCUT2D eigenvalue weighted by Crippen LogP contribution is 2.23. The Kier molecular flexibility index (Phi) is 5.57. The summed E-state index contributed by atoms with van der Waals surface area (Å²) in [6, 6.07) is 4.48. The van der Waals surface area contributed by atoms with Crippen LogP contribution < -0.4 is 0 Å². The summed E-state index contributed by atoms with van der Waals surface area (Å²) in [4.78, 5) is 17.8. The predicted octanol–water partition coefficient (Wildman–Crippen LogP) is 3.11. The molecule has 2 rings (SSSR count). The minimum Gasteiger partial charge on any atom is -0.300 e. The van der Waals surface area contributed by atoms with Gasteiger partial charge in [-0.1, -0.05) is 13.8 Å². The molecule has 1 aliphatic heterocycles. The molecule has 1 aromatic heterocycles. The lowest BCUT2D eigenvalue weighted by Crippen LogP contribution is -2.38. The molecular formula is C14H21BrN2OS. The summed E-state index contributed by atoms with van der Waals surface area (Å²) in [5.41, 5.74) is 0. The topological polar surface area (TPSA) is 23.6 Å². The van der Waals surface area contributed by atoms with Crippen molar-refractivity contribution < 1.29 is 4.79 Å². The average molecular weight is 345 g/mol. The van der Waals surface area contributed by atoms with E-state index in [1.54, 1.807) is 0 Å². The number of likely N-dealkylation sites (tertiary alicyclic amines) is 1. The first kappa shape index (κ1) is 15.2. The number of hydrogen-bond donors (Lipinski definition) is 0. The van der Waals surface area contributed by atoms with E-state index in [1.807, 2.05) is 12.1 Å². The van der Waals surface area contributed by atoms with Crippen LogP contribution in [0.25, 0.3) is 0 Å². The van der Waals surface area contributed by atoms with Gasteiger partial charge in [-0.3, -0.25) is 14.6 Å². The maximum Gasteiger partial charge on any atom is 0.186 e. The van der Waals surface area contributed by atoms with Gasteiger partial charge in [0.05, 0.1) is 15.2 Å². The lowest BCUT2D eigenvalue weighted by atomic mass is 10.2. The van der Waals surface area contributed by atoms with Crippen LogP contribution in [0.4, 0.5) is 0 Å². The van der Waals surface area contributed by atoms with Gasteiger partial charge < -0.3 is 0 Å². The Morgan fingerprint density at radius 3 is 2.79 bits per heavy atom. The minimum absolute atomic E-state index is 0.246. The van der Waals surface area contributed by atoms with E-state index in [0.717, 1.165) is 34.8 Å². The van der Waals surface area contributed by atoms with Gasteiger partial charge in [-0.15, -0.1) is 11.3 Å². The standard InChI is InChI=1S/C14H21BrN2OS/c1-3-17(4-2)11-7-8-16(9-11)10-12(18)13-5-6-14(15)19-13/h5-6,11H,3-4,7-10H2,1-2H3. The van der Waals surface area contributed by atoms with Crippen molar-refractivity contribution in [3.63, 3.8) is 0 Å². The zero-order valence-corrected chi connectivity index (χ0v) is 14.0. The molecule has 0 aliphatic carbocycles. The number of hydrogen-bond acceptors (Lipinski definition) is 4. The summed E-state index contributed by atoms with van der Waals surface area (Å²) in [7, 11) is 0. The van der Waals surface area contributed by atoms with Crippen molar-refractivity contribution in [2.75, 3.05) is 32.7 Å². The van der Waals surface area contributed by atoms with Gasteiger partial charge in [0.1, 0.15) is 0 Å². The molecule has 1 unspecified atom stereocenters. The Hall–Kier alpha value is -0.230. The molecule has 106 valence electrons. The van der Waals surface area contributed by atoms with E-state index in [1.165, 1.54) is 17.8 Å². The van der Waals surface area contributed by atoms with E-state index in [0.29, 0.717) is 12.6 Å². The van der Waals surface area contributed by atoms with Crippen LogP contribution in [-0.4, -0.2) is 54.3 Å². The largest absolute Gasteiger partial charge is 0.300 e. The molecule has 0 amide bonds.